The van der Waals surface area contributed by atoms with Gasteiger partial charge in [-0.15, -0.1) is 0 Å². The molecule has 0 radical (unpaired) electrons. The predicted molar refractivity (Wildman–Crippen MR) is 83.0 cm³/mol. The van der Waals surface area contributed by atoms with Crippen LogP contribution in [-0.2, 0) is 4.79 Å². The van der Waals surface area contributed by atoms with Crippen molar-refractivity contribution in [3.8, 4) is 0 Å². The monoisotopic (exact) mass is 294 g/mol. The minimum absolute atomic E-state index is 0.0104. The number of aliphatic hydroxyl groups is 1. The van der Waals surface area contributed by atoms with Crippen LogP contribution in [-0.4, -0.2) is 47.7 Å². The van der Waals surface area contributed by atoms with Crippen molar-refractivity contribution in [1.82, 2.24) is 10.2 Å². The predicted octanol–water partition coefficient (Wildman–Crippen LogP) is 2.06. The van der Waals surface area contributed by atoms with Crippen molar-refractivity contribution in [2.24, 2.45) is 5.41 Å². The molecule has 2 saturated carbocycles. The van der Waals surface area contributed by atoms with Crippen LogP contribution < -0.4 is 5.32 Å². The first-order chi connectivity index (χ1) is 10.2. The van der Waals surface area contributed by atoms with Gasteiger partial charge in [0.15, 0.2) is 0 Å². The molecule has 1 heterocycles. The summed E-state index contributed by atoms with van der Waals surface area (Å²) in [5.74, 6) is 0.0771. The lowest BCUT2D eigenvalue weighted by Crippen LogP contribution is -2.47. The summed E-state index contributed by atoms with van der Waals surface area (Å²) >= 11 is 0. The van der Waals surface area contributed by atoms with E-state index in [4.69, 9.17) is 0 Å². The van der Waals surface area contributed by atoms with Crippen molar-refractivity contribution in [3.63, 3.8) is 0 Å². The van der Waals surface area contributed by atoms with Crippen LogP contribution in [0.3, 0.4) is 0 Å². The van der Waals surface area contributed by atoms with Gasteiger partial charge >= 0.3 is 0 Å². The Balaban J connectivity index is 1.45. The number of piperidine rings is 1. The maximum absolute atomic E-state index is 12.1. The zero-order valence-electron chi connectivity index (χ0n) is 13.1. The van der Waals surface area contributed by atoms with Gasteiger partial charge in [-0.3, -0.25) is 9.69 Å². The highest BCUT2D eigenvalue weighted by molar-refractivity contribution is 5.85. The van der Waals surface area contributed by atoms with Crippen molar-refractivity contribution < 1.29 is 9.90 Å². The average molecular weight is 294 g/mol. The quantitative estimate of drug-likeness (QED) is 0.788. The van der Waals surface area contributed by atoms with Gasteiger partial charge in [0, 0.05) is 18.6 Å². The molecule has 4 nitrogen and oxygen atoms in total. The maximum Gasteiger partial charge on any atom is 0.228 e. The van der Waals surface area contributed by atoms with Gasteiger partial charge in [0.1, 0.15) is 0 Å². The van der Waals surface area contributed by atoms with E-state index < -0.39 is 5.41 Å². The van der Waals surface area contributed by atoms with E-state index in [1.54, 1.807) is 0 Å². The molecular formula is C17H30N2O2. The lowest BCUT2D eigenvalue weighted by Gasteiger charge is -2.40. The minimum Gasteiger partial charge on any atom is -0.395 e. The van der Waals surface area contributed by atoms with E-state index in [1.807, 2.05) is 0 Å². The number of amides is 1. The minimum atomic E-state index is -0.419. The van der Waals surface area contributed by atoms with Crippen LogP contribution in [0, 0.1) is 5.41 Å². The van der Waals surface area contributed by atoms with Gasteiger partial charge in [-0.2, -0.15) is 0 Å². The number of aliphatic hydroxyl groups excluding tert-OH is 1. The van der Waals surface area contributed by atoms with Gasteiger partial charge in [0.05, 0.1) is 12.0 Å². The molecule has 1 saturated heterocycles. The number of likely N-dealkylation sites (tertiary alicyclic amines) is 1. The van der Waals surface area contributed by atoms with E-state index >= 15 is 0 Å². The van der Waals surface area contributed by atoms with E-state index in [1.165, 1.54) is 51.5 Å². The number of nitrogens with one attached hydrogen (secondary N) is 1. The fraction of sp³-hybridized carbons (Fsp3) is 0.941. The number of nitrogens with zero attached hydrogens (tertiary/aromatic N) is 1. The summed E-state index contributed by atoms with van der Waals surface area (Å²) in [7, 11) is 0. The first-order valence-electron chi connectivity index (χ1n) is 8.90. The number of hydrogen-bond acceptors (Lipinski definition) is 3. The van der Waals surface area contributed by atoms with E-state index in [-0.39, 0.29) is 12.5 Å². The summed E-state index contributed by atoms with van der Waals surface area (Å²) in [6.45, 7) is 2.04. The van der Waals surface area contributed by atoms with E-state index in [2.05, 4.69) is 10.2 Å². The molecule has 3 rings (SSSR count). The molecule has 21 heavy (non-hydrogen) atoms. The Kier molecular flexibility index (Phi) is 4.85. The number of carbonyl (C=O) groups excluding carboxylic acids is 1. The summed E-state index contributed by atoms with van der Waals surface area (Å²) in [5, 5.41) is 12.4. The molecule has 0 aromatic carbocycles. The Morgan fingerprint density at radius 1 is 1.14 bits per heavy atom. The molecule has 1 atom stereocenters. The molecule has 0 spiro atoms. The molecule has 1 aliphatic heterocycles. The van der Waals surface area contributed by atoms with E-state index in [0.717, 1.165) is 31.8 Å². The fourth-order valence-electron chi connectivity index (χ4n) is 4.20. The summed E-state index contributed by atoms with van der Waals surface area (Å²) in [5.41, 5.74) is -0.419. The fourth-order valence-corrected chi connectivity index (χ4v) is 4.20. The molecule has 0 aromatic rings. The van der Waals surface area contributed by atoms with Crippen LogP contribution in [0.2, 0.25) is 0 Å². The number of carbonyl (C=O) groups is 1. The second-order valence-corrected chi connectivity index (χ2v) is 7.31. The topological polar surface area (TPSA) is 52.6 Å². The Morgan fingerprint density at radius 2 is 1.86 bits per heavy atom. The molecular weight excluding hydrogens is 264 g/mol. The molecule has 0 aromatic heterocycles. The second-order valence-electron chi connectivity index (χ2n) is 7.31. The highest BCUT2D eigenvalue weighted by Crippen LogP contribution is 2.45. The smallest absolute Gasteiger partial charge is 0.228 e. The third kappa shape index (κ3) is 3.42. The first kappa shape index (κ1) is 15.3. The average Bonchev–Trinajstić information content (AvgIpc) is 3.14. The van der Waals surface area contributed by atoms with Crippen molar-refractivity contribution in [1.29, 1.82) is 0 Å². The first-order valence-corrected chi connectivity index (χ1v) is 8.90. The Bertz CT molecular complexity index is 362. The standard InChI is InChI=1S/C17H30N2O2/c20-13-17(9-10-17)16(21)18-11-8-15-7-3-4-12-19(15)14-5-1-2-6-14/h14-15,20H,1-13H2,(H,18,21)/t15-/m0/s1. The second kappa shape index (κ2) is 6.66. The third-order valence-electron chi connectivity index (χ3n) is 5.87. The van der Waals surface area contributed by atoms with Crippen molar-refractivity contribution in [2.45, 2.75) is 76.3 Å². The summed E-state index contributed by atoms with van der Waals surface area (Å²) in [6.07, 6.45) is 12.3. The normalized spacial score (nSPS) is 29.5. The Labute approximate surface area is 128 Å². The van der Waals surface area contributed by atoms with Crippen LogP contribution in [0.25, 0.3) is 0 Å². The Morgan fingerprint density at radius 3 is 2.52 bits per heavy atom. The third-order valence-corrected chi connectivity index (χ3v) is 5.87. The largest absolute Gasteiger partial charge is 0.395 e. The molecule has 3 aliphatic rings. The molecule has 1 amide bonds. The summed E-state index contributed by atoms with van der Waals surface area (Å²) < 4.78 is 0. The maximum atomic E-state index is 12.1. The molecule has 2 N–H and O–H groups in total. The van der Waals surface area contributed by atoms with Gasteiger partial charge < -0.3 is 10.4 Å². The summed E-state index contributed by atoms with van der Waals surface area (Å²) in [6, 6.07) is 1.46. The number of hydrogen-bond donors (Lipinski definition) is 2. The van der Waals surface area contributed by atoms with Crippen molar-refractivity contribution >= 4 is 5.91 Å². The lowest BCUT2D eigenvalue weighted by atomic mass is 9.96. The summed E-state index contributed by atoms with van der Waals surface area (Å²) in [4.78, 5) is 14.8. The van der Waals surface area contributed by atoms with Gasteiger partial charge in [-0.25, -0.2) is 0 Å². The van der Waals surface area contributed by atoms with Gasteiger partial charge in [-0.1, -0.05) is 19.3 Å². The molecule has 0 bridgehead atoms. The number of rotatable bonds is 6. The molecule has 0 unspecified atom stereocenters. The van der Waals surface area contributed by atoms with Gasteiger partial charge in [-0.05, 0) is 51.5 Å². The van der Waals surface area contributed by atoms with Crippen LogP contribution >= 0.6 is 0 Å². The van der Waals surface area contributed by atoms with Crippen molar-refractivity contribution in [2.75, 3.05) is 19.7 Å². The molecule has 2 aliphatic carbocycles. The molecule has 3 fully saturated rings. The SMILES string of the molecule is O=C(NCC[C@@H]1CCCCN1C1CCCC1)C1(CO)CC1. The van der Waals surface area contributed by atoms with E-state index in [0.29, 0.717) is 6.04 Å². The van der Waals surface area contributed by atoms with Crippen LogP contribution in [0.1, 0.15) is 64.2 Å². The molecule has 120 valence electrons. The lowest BCUT2D eigenvalue weighted by molar-refractivity contribution is -0.127. The van der Waals surface area contributed by atoms with Gasteiger partial charge in [0.25, 0.3) is 0 Å². The molecule has 4 heteroatoms. The zero-order chi connectivity index (χ0) is 14.7. The van der Waals surface area contributed by atoms with Gasteiger partial charge in [0.2, 0.25) is 5.91 Å². The van der Waals surface area contributed by atoms with Crippen LogP contribution in [0.4, 0.5) is 0 Å². The highest BCUT2D eigenvalue weighted by Gasteiger charge is 2.49. The van der Waals surface area contributed by atoms with Crippen LogP contribution in [0.15, 0.2) is 0 Å². The Hall–Kier alpha value is -0.610. The zero-order valence-corrected chi connectivity index (χ0v) is 13.1. The van der Waals surface area contributed by atoms with Crippen molar-refractivity contribution in [3.05, 3.63) is 0 Å². The van der Waals surface area contributed by atoms with Crippen LogP contribution in [0.5, 0.6) is 0 Å². The highest BCUT2D eigenvalue weighted by atomic mass is 16.3. The van der Waals surface area contributed by atoms with E-state index in [9.17, 15) is 9.90 Å².